The predicted octanol–water partition coefficient (Wildman–Crippen LogP) is 3.74. The Hall–Kier alpha value is -3.64. The van der Waals surface area contributed by atoms with Gasteiger partial charge in [-0.25, -0.2) is 0 Å². The largest absolute Gasteiger partial charge is 0.399 e. The van der Waals surface area contributed by atoms with Crippen molar-refractivity contribution in [1.82, 2.24) is 5.32 Å². The molecule has 31 heavy (non-hydrogen) atoms. The molecule has 0 bridgehead atoms. The van der Waals surface area contributed by atoms with Crippen molar-refractivity contribution < 1.29 is 9.59 Å². The summed E-state index contributed by atoms with van der Waals surface area (Å²) in [5.74, 6) is -0.192. The maximum absolute atomic E-state index is 12.7. The average Bonchev–Trinajstić information content (AvgIpc) is 2.79. The van der Waals surface area contributed by atoms with Crippen molar-refractivity contribution in [3.8, 4) is 0 Å². The molecular formula is C25H26N4O2. The second kappa shape index (κ2) is 9.45. The summed E-state index contributed by atoms with van der Waals surface area (Å²) in [6.45, 7) is 1.79. The zero-order chi connectivity index (χ0) is 21.6. The lowest BCUT2D eigenvalue weighted by Gasteiger charge is -2.17. The van der Waals surface area contributed by atoms with E-state index in [1.807, 2.05) is 42.5 Å². The molecule has 0 saturated heterocycles. The molecule has 1 heterocycles. The number of nitrogens with two attached hydrogens (primary N) is 1. The highest BCUT2D eigenvalue weighted by Gasteiger charge is 2.13. The van der Waals surface area contributed by atoms with Crippen molar-refractivity contribution in [2.24, 2.45) is 0 Å². The standard InChI is InChI=1S/C25H26N4O2/c26-21-7-9-22(10-8-21)28-24(30)11-4-17-2-1-3-23(14-17)29-25(31)19-5-6-20-16-27-13-12-18(20)15-19/h1-3,5-10,14-15,27H,4,11-13,16,26H2,(H,28,30)(H,29,31). The third-order valence-corrected chi connectivity index (χ3v) is 5.38. The van der Waals surface area contributed by atoms with Crippen LogP contribution in [0.4, 0.5) is 17.1 Å². The molecule has 3 aromatic rings. The first-order valence-corrected chi connectivity index (χ1v) is 10.4. The van der Waals surface area contributed by atoms with Crippen LogP contribution in [0.25, 0.3) is 0 Å². The van der Waals surface area contributed by atoms with Gasteiger partial charge in [0.2, 0.25) is 5.91 Å². The fourth-order valence-corrected chi connectivity index (χ4v) is 3.67. The second-order valence-electron chi connectivity index (χ2n) is 7.73. The number of hydrogen-bond acceptors (Lipinski definition) is 4. The van der Waals surface area contributed by atoms with Gasteiger partial charge in [-0.05, 0) is 84.6 Å². The molecule has 0 spiro atoms. The molecule has 0 atom stereocenters. The minimum atomic E-state index is -0.125. The van der Waals surface area contributed by atoms with Crippen LogP contribution in [0, 0.1) is 0 Å². The van der Waals surface area contributed by atoms with E-state index in [9.17, 15) is 9.59 Å². The Kier molecular flexibility index (Phi) is 6.29. The number of aryl methyl sites for hydroxylation is 1. The number of carbonyl (C=O) groups is 2. The fourth-order valence-electron chi connectivity index (χ4n) is 3.67. The lowest BCUT2D eigenvalue weighted by Crippen LogP contribution is -2.24. The monoisotopic (exact) mass is 414 g/mol. The zero-order valence-electron chi connectivity index (χ0n) is 17.3. The normalized spacial score (nSPS) is 12.6. The minimum absolute atomic E-state index is 0.0669. The molecule has 0 aliphatic carbocycles. The number of benzene rings is 3. The van der Waals surface area contributed by atoms with E-state index in [2.05, 4.69) is 16.0 Å². The molecule has 1 aliphatic heterocycles. The van der Waals surface area contributed by atoms with Crippen LogP contribution in [0.1, 0.15) is 33.5 Å². The van der Waals surface area contributed by atoms with Crippen molar-refractivity contribution in [2.45, 2.75) is 25.8 Å². The zero-order valence-corrected chi connectivity index (χ0v) is 17.3. The first-order chi connectivity index (χ1) is 15.1. The molecule has 2 amide bonds. The van der Waals surface area contributed by atoms with Gasteiger partial charge in [-0.1, -0.05) is 18.2 Å². The molecule has 6 heteroatoms. The van der Waals surface area contributed by atoms with Crippen LogP contribution in [0.3, 0.4) is 0 Å². The summed E-state index contributed by atoms with van der Waals surface area (Å²) in [6.07, 6.45) is 1.86. The highest BCUT2D eigenvalue weighted by atomic mass is 16.2. The summed E-state index contributed by atoms with van der Waals surface area (Å²) in [4.78, 5) is 24.9. The third kappa shape index (κ3) is 5.49. The van der Waals surface area contributed by atoms with Crippen LogP contribution in [-0.4, -0.2) is 18.4 Å². The molecule has 158 valence electrons. The Bertz CT molecular complexity index is 1090. The van der Waals surface area contributed by atoms with Crippen LogP contribution in [-0.2, 0) is 24.2 Å². The average molecular weight is 415 g/mol. The van der Waals surface area contributed by atoms with Crippen molar-refractivity contribution in [3.63, 3.8) is 0 Å². The Morgan fingerprint density at radius 1 is 0.903 bits per heavy atom. The van der Waals surface area contributed by atoms with E-state index < -0.39 is 0 Å². The number of amides is 2. The second-order valence-corrected chi connectivity index (χ2v) is 7.73. The molecule has 3 aromatic carbocycles. The van der Waals surface area contributed by atoms with E-state index in [1.54, 1.807) is 24.3 Å². The first kappa shape index (κ1) is 20.6. The van der Waals surface area contributed by atoms with Crippen molar-refractivity contribution in [3.05, 3.63) is 89.0 Å². The van der Waals surface area contributed by atoms with Crippen LogP contribution < -0.4 is 21.7 Å². The minimum Gasteiger partial charge on any atom is -0.399 e. The number of anilines is 3. The maximum atomic E-state index is 12.7. The molecular weight excluding hydrogens is 388 g/mol. The highest BCUT2D eigenvalue weighted by molar-refractivity contribution is 6.04. The van der Waals surface area contributed by atoms with Crippen molar-refractivity contribution in [1.29, 1.82) is 0 Å². The molecule has 5 N–H and O–H groups in total. The first-order valence-electron chi connectivity index (χ1n) is 10.4. The van der Waals surface area contributed by atoms with Gasteiger partial charge in [0.1, 0.15) is 0 Å². The molecule has 4 rings (SSSR count). The van der Waals surface area contributed by atoms with E-state index in [0.29, 0.717) is 24.1 Å². The number of rotatable bonds is 6. The molecule has 6 nitrogen and oxygen atoms in total. The van der Waals surface area contributed by atoms with Gasteiger partial charge in [0.15, 0.2) is 0 Å². The summed E-state index contributed by atoms with van der Waals surface area (Å²) in [7, 11) is 0. The topological polar surface area (TPSA) is 96.2 Å². The van der Waals surface area contributed by atoms with Gasteiger partial charge >= 0.3 is 0 Å². The van der Waals surface area contributed by atoms with Gasteiger partial charge in [0, 0.05) is 35.6 Å². The smallest absolute Gasteiger partial charge is 0.255 e. The van der Waals surface area contributed by atoms with Crippen molar-refractivity contribution >= 4 is 28.9 Å². The van der Waals surface area contributed by atoms with Crippen LogP contribution in [0.15, 0.2) is 66.7 Å². The van der Waals surface area contributed by atoms with Crippen LogP contribution >= 0.6 is 0 Å². The molecule has 0 aromatic heterocycles. The number of carbonyl (C=O) groups excluding carboxylic acids is 2. The van der Waals surface area contributed by atoms with Gasteiger partial charge in [0.05, 0.1) is 0 Å². The van der Waals surface area contributed by atoms with Gasteiger partial charge in [0.25, 0.3) is 5.91 Å². The summed E-state index contributed by atoms with van der Waals surface area (Å²) in [6, 6.07) is 20.5. The van der Waals surface area contributed by atoms with E-state index in [4.69, 9.17) is 5.73 Å². The quantitative estimate of drug-likeness (QED) is 0.462. The molecule has 0 radical (unpaired) electrons. The number of nitrogens with one attached hydrogen (secondary N) is 3. The SMILES string of the molecule is Nc1ccc(NC(=O)CCc2cccc(NC(=O)c3ccc4c(c3)CCNC4)c2)cc1. The summed E-state index contributed by atoms with van der Waals surface area (Å²) < 4.78 is 0. The summed E-state index contributed by atoms with van der Waals surface area (Å²) in [5, 5.41) is 9.17. The van der Waals surface area contributed by atoms with Crippen molar-refractivity contribution in [2.75, 3.05) is 22.9 Å². The lowest BCUT2D eigenvalue weighted by molar-refractivity contribution is -0.116. The Balaban J connectivity index is 1.34. The number of hydrogen-bond donors (Lipinski definition) is 4. The van der Waals surface area contributed by atoms with E-state index >= 15 is 0 Å². The van der Waals surface area contributed by atoms with E-state index in [1.165, 1.54) is 11.1 Å². The number of nitrogen functional groups attached to an aromatic ring is 1. The Morgan fingerprint density at radius 3 is 2.58 bits per heavy atom. The Labute approximate surface area is 181 Å². The fraction of sp³-hybridized carbons (Fsp3) is 0.200. The van der Waals surface area contributed by atoms with Gasteiger partial charge in [-0.2, -0.15) is 0 Å². The molecule has 0 fully saturated rings. The summed E-state index contributed by atoms with van der Waals surface area (Å²) in [5.41, 5.74) is 11.9. The molecule has 0 unspecified atom stereocenters. The van der Waals surface area contributed by atoms with E-state index in [0.717, 1.165) is 36.4 Å². The van der Waals surface area contributed by atoms with Gasteiger partial charge in [-0.15, -0.1) is 0 Å². The van der Waals surface area contributed by atoms with E-state index in [-0.39, 0.29) is 11.8 Å². The Morgan fingerprint density at radius 2 is 1.74 bits per heavy atom. The molecule has 0 saturated carbocycles. The lowest BCUT2D eigenvalue weighted by atomic mass is 9.98. The van der Waals surface area contributed by atoms with Crippen LogP contribution in [0.5, 0.6) is 0 Å². The number of fused-ring (bicyclic) bond motifs is 1. The predicted molar refractivity (Wildman–Crippen MR) is 124 cm³/mol. The molecule has 1 aliphatic rings. The van der Waals surface area contributed by atoms with Gasteiger partial charge < -0.3 is 21.7 Å². The third-order valence-electron chi connectivity index (χ3n) is 5.38. The summed E-state index contributed by atoms with van der Waals surface area (Å²) >= 11 is 0. The highest BCUT2D eigenvalue weighted by Crippen LogP contribution is 2.18. The van der Waals surface area contributed by atoms with Crippen LogP contribution in [0.2, 0.25) is 0 Å². The van der Waals surface area contributed by atoms with Gasteiger partial charge in [-0.3, -0.25) is 9.59 Å². The maximum Gasteiger partial charge on any atom is 0.255 e.